The highest BCUT2D eigenvalue weighted by molar-refractivity contribution is 5.87. The summed E-state index contributed by atoms with van der Waals surface area (Å²) in [5.74, 6) is -2.95. The lowest BCUT2D eigenvalue weighted by Crippen LogP contribution is -2.48. The van der Waals surface area contributed by atoms with Gasteiger partial charge in [0.2, 0.25) is 5.91 Å². The summed E-state index contributed by atoms with van der Waals surface area (Å²) in [6, 6.07) is 4.24. The van der Waals surface area contributed by atoms with Crippen molar-refractivity contribution in [2.75, 3.05) is 27.4 Å². The Morgan fingerprint density at radius 3 is 2.43 bits per heavy atom. The van der Waals surface area contributed by atoms with Crippen LogP contribution in [0.25, 0.3) is 0 Å². The van der Waals surface area contributed by atoms with E-state index in [4.69, 9.17) is 14.2 Å². The van der Waals surface area contributed by atoms with Crippen molar-refractivity contribution >= 4 is 23.5 Å². The van der Waals surface area contributed by atoms with E-state index < -0.39 is 34.7 Å². The number of nitrogens with zero attached hydrogens (tertiary/aromatic N) is 1. The number of methoxy groups -OCH3 is 2. The van der Waals surface area contributed by atoms with Crippen LogP contribution in [0, 0.1) is 16.0 Å². The Bertz CT molecular complexity index is 728. The molecule has 0 saturated carbocycles. The minimum absolute atomic E-state index is 0.137. The van der Waals surface area contributed by atoms with E-state index in [2.05, 4.69) is 5.32 Å². The van der Waals surface area contributed by atoms with Crippen molar-refractivity contribution in [2.45, 2.75) is 24.8 Å². The van der Waals surface area contributed by atoms with Crippen LogP contribution < -0.4 is 5.32 Å². The largest absolute Gasteiger partial charge is 0.469 e. The van der Waals surface area contributed by atoms with Crippen LogP contribution in [0.15, 0.2) is 24.3 Å². The van der Waals surface area contributed by atoms with Gasteiger partial charge in [0, 0.05) is 24.7 Å². The fraction of sp³-hybridized carbons (Fsp3) is 0.500. The normalized spacial score (nSPS) is 18.0. The molecule has 0 unspecified atom stereocenters. The number of nitro benzene ring substituents is 1. The highest BCUT2D eigenvalue weighted by Gasteiger charge is 2.36. The predicted octanol–water partition coefficient (Wildman–Crippen LogP) is 0.936. The predicted molar refractivity (Wildman–Crippen MR) is 95.3 cm³/mol. The molecule has 0 aromatic heterocycles. The van der Waals surface area contributed by atoms with Crippen molar-refractivity contribution in [3.8, 4) is 0 Å². The zero-order valence-electron chi connectivity index (χ0n) is 15.6. The molecule has 28 heavy (non-hydrogen) atoms. The molecule has 1 aromatic rings. The van der Waals surface area contributed by atoms with E-state index in [1.54, 1.807) is 0 Å². The molecule has 1 aliphatic heterocycles. The first-order valence-electron chi connectivity index (χ1n) is 8.64. The van der Waals surface area contributed by atoms with Gasteiger partial charge in [-0.05, 0) is 12.0 Å². The highest BCUT2D eigenvalue weighted by atomic mass is 16.6. The molecule has 1 aromatic carbocycles. The third-order valence-electron chi connectivity index (χ3n) is 4.60. The van der Waals surface area contributed by atoms with Crippen molar-refractivity contribution in [3.05, 3.63) is 39.9 Å². The second-order valence-corrected chi connectivity index (χ2v) is 6.31. The molecule has 1 amide bonds. The molecule has 1 N–H and O–H groups in total. The minimum Gasteiger partial charge on any atom is -0.469 e. The van der Waals surface area contributed by atoms with Gasteiger partial charge in [-0.3, -0.25) is 19.7 Å². The van der Waals surface area contributed by atoms with Crippen LogP contribution >= 0.6 is 0 Å². The van der Waals surface area contributed by atoms with Crippen LogP contribution in [-0.4, -0.2) is 56.2 Å². The summed E-state index contributed by atoms with van der Waals surface area (Å²) in [7, 11) is 2.38. The van der Waals surface area contributed by atoms with E-state index in [0.717, 1.165) is 0 Å². The van der Waals surface area contributed by atoms with E-state index in [1.807, 2.05) is 0 Å². The molecule has 3 atom stereocenters. The first-order chi connectivity index (χ1) is 13.4. The maximum atomic E-state index is 12.5. The molecule has 2 rings (SSSR count). The first kappa shape index (κ1) is 21.3. The van der Waals surface area contributed by atoms with Crippen LogP contribution in [0.1, 0.15) is 24.3 Å². The van der Waals surface area contributed by atoms with Crippen LogP contribution in [0.3, 0.4) is 0 Å². The number of benzene rings is 1. The van der Waals surface area contributed by atoms with E-state index in [-0.39, 0.29) is 24.6 Å². The molecule has 10 heteroatoms. The molecule has 0 aliphatic carbocycles. The van der Waals surface area contributed by atoms with Gasteiger partial charge in [-0.2, -0.15) is 0 Å². The summed E-state index contributed by atoms with van der Waals surface area (Å²) in [6.07, 6.45) is 0.300. The Morgan fingerprint density at radius 1 is 1.25 bits per heavy atom. The van der Waals surface area contributed by atoms with Gasteiger partial charge in [0.05, 0.1) is 38.1 Å². The zero-order chi connectivity index (χ0) is 20.7. The van der Waals surface area contributed by atoms with Crippen LogP contribution in [0.2, 0.25) is 0 Å². The SMILES string of the molecule is COC(=O)C[C@H](c1ccc([N+](=O)[O-])cc1)[C@H](NC(=O)[C@@H]1CCOC1)C(=O)OC. The Labute approximate surface area is 161 Å². The molecule has 1 saturated heterocycles. The van der Waals surface area contributed by atoms with Crippen LogP contribution in [0.5, 0.6) is 0 Å². The molecule has 10 nitrogen and oxygen atoms in total. The fourth-order valence-corrected chi connectivity index (χ4v) is 3.00. The molecular weight excluding hydrogens is 372 g/mol. The summed E-state index contributed by atoms with van der Waals surface area (Å²) in [4.78, 5) is 47.1. The number of nitro groups is 1. The molecule has 152 valence electrons. The summed E-state index contributed by atoms with van der Waals surface area (Å²) < 4.78 is 14.7. The molecule has 1 heterocycles. The quantitative estimate of drug-likeness (QED) is 0.391. The van der Waals surface area contributed by atoms with Gasteiger partial charge in [0.15, 0.2) is 0 Å². The Kier molecular flexibility index (Phi) is 7.44. The number of carbonyl (C=O) groups is 3. The number of hydrogen-bond donors (Lipinski definition) is 1. The van der Waals surface area contributed by atoms with Gasteiger partial charge < -0.3 is 19.5 Å². The lowest BCUT2D eigenvalue weighted by Gasteiger charge is -2.26. The monoisotopic (exact) mass is 394 g/mol. The molecular formula is C18H22N2O8. The van der Waals surface area contributed by atoms with Crippen molar-refractivity contribution in [3.63, 3.8) is 0 Å². The van der Waals surface area contributed by atoms with Gasteiger partial charge in [-0.25, -0.2) is 4.79 Å². The number of hydrogen-bond acceptors (Lipinski definition) is 8. The van der Waals surface area contributed by atoms with Gasteiger partial charge in [-0.1, -0.05) is 12.1 Å². The number of non-ortho nitro benzene ring substituents is 1. The second-order valence-electron chi connectivity index (χ2n) is 6.31. The van der Waals surface area contributed by atoms with E-state index in [1.165, 1.54) is 38.5 Å². The Hall–Kier alpha value is -3.01. The second kappa shape index (κ2) is 9.79. The van der Waals surface area contributed by atoms with Crippen molar-refractivity contribution in [1.29, 1.82) is 0 Å². The minimum atomic E-state index is -1.17. The Balaban J connectivity index is 2.33. The lowest BCUT2D eigenvalue weighted by atomic mass is 9.87. The van der Waals surface area contributed by atoms with Crippen LogP contribution in [-0.2, 0) is 28.6 Å². The molecule has 0 radical (unpaired) electrons. The maximum absolute atomic E-state index is 12.5. The Morgan fingerprint density at radius 2 is 1.93 bits per heavy atom. The maximum Gasteiger partial charge on any atom is 0.329 e. The zero-order valence-corrected chi connectivity index (χ0v) is 15.6. The van der Waals surface area contributed by atoms with Gasteiger partial charge >= 0.3 is 11.9 Å². The molecule has 1 aliphatic rings. The van der Waals surface area contributed by atoms with Crippen molar-refractivity contribution in [2.24, 2.45) is 5.92 Å². The standard InChI is InChI=1S/C18H22N2O8/c1-26-15(21)9-14(11-3-5-13(6-4-11)20(24)25)16(18(23)27-2)19-17(22)12-7-8-28-10-12/h3-6,12,14,16H,7-10H2,1-2H3,(H,19,22)/t12-,14-,16+/m1/s1. The third-order valence-corrected chi connectivity index (χ3v) is 4.60. The summed E-state index contributed by atoms with van der Waals surface area (Å²) in [5, 5.41) is 13.5. The van der Waals surface area contributed by atoms with Crippen molar-refractivity contribution < 1.29 is 33.5 Å². The summed E-state index contributed by atoms with van der Waals surface area (Å²) in [5.41, 5.74) is 0.316. The average molecular weight is 394 g/mol. The van der Waals surface area contributed by atoms with E-state index in [9.17, 15) is 24.5 Å². The summed E-state index contributed by atoms with van der Waals surface area (Å²) >= 11 is 0. The number of amides is 1. The molecule has 0 spiro atoms. The van der Waals surface area contributed by atoms with Gasteiger partial charge in [-0.15, -0.1) is 0 Å². The van der Waals surface area contributed by atoms with E-state index in [0.29, 0.717) is 18.6 Å². The van der Waals surface area contributed by atoms with E-state index >= 15 is 0 Å². The smallest absolute Gasteiger partial charge is 0.329 e. The molecule has 0 bridgehead atoms. The van der Waals surface area contributed by atoms with Gasteiger partial charge in [0.25, 0.3) is 5.69 Å². The highest BCUT2D eigenvalue weighted by Crippen LogP contribution is 2.28. The number of ether oxygens (including phenoxy) is 3. The fourth-order valence-electron chi connectivity index (χ4n) is 3.00. The van der Waals surface area contributed by atoms with Crippen LogP contribution in [0.4, 0.5) is 5.69 Å². The van der Waals surface area contributed by atoms with Crippen molar-refractivity contribution in [1.82, 2.24) is 5.32 Å². The topological polar surface area (TPSA) is 134 Å². The first-order valence-corrected chi connectivity index (χ1v) is 8.64. The molecule has 1 fully saturated rings. The van der Waals surface area contributed by atoms with Gasteiger partial charge in [0.1, 0.15) is 6.04 Å². The number of esters is 2. The summed E-state index contributed by atoms with van der Waals surface area (Å²) in [6.45, 7) is 0.702. The lowest BCUT2D eigenvalue weighted by molar-refractivity contribution is -0.384. The third kappa shape index (κ3) is 5.26. The number of nitrogens with one attached hydrogen (secondary N) is 1. The average Bonchev–Trinajstić information content (AvgIpc) is 3.24. The number of carbonyl (C=O) groups excluding carboxylic acids is 3. The number of rotatable bonds is 8.